The molecule has 0 aromatic rings. The van der Waals surface area contributed by atoms with Crippen molar-refractivity contribution < 1.29 is 19.3 Å². The lowest BCUT2D eigenvalue weighted by molar-refractivity contribution is 0.00292. The van der Waals surface area contributed by atoms with E-state index in [-0.39, 0.29) is 18.8 Å². The number of aliphatic hydroxyl groups is 2. The van der Waals surface area contributed by atoms with Crippen LogP contribution in [0.2, 0.25) is 0 Å². The third-order valence-corrected chi connectivity index (χ3v) is 6.06. The van der Waals surface area contributed by atoms with Crippen LogP contribution in [0.25, 0.3) is 0 Å². The predicted molar refractivity (Wildman–Crippen MR) is 119 cm³/mol. The van der Waals surface area contributed by atoms with Gasteiger partial charge < -0.3 is 10.2 Å². The molecule has 0 heterocycles. The number of hydrogen-bond donors (Lipinski definition) is 2. The zero-order chi connectivity index (χ0) is 20.9. The largest absolute Gasteiger partial charge is 0.494 e. The van der Waals surface area contributed by atoms with Crippen molar-refractivity contribution in [3.8, 4) is 0 Å². The summed E-state index contributed by atoms with van der Waals surface area (Å²) in [7, 11) is -0.763. The van der Waals surface area contributed by atoms with Crippen LogP contribution in [0.15, 0.2) is 0 Å². The lowest BCUT2D eigenvalue weighted by Gasteiger charge is -2.43. The van der Waals surface area contributed by atoms with E-state index in [0.717, 1.165) is 25.7 Å². The maximum Gasteiger partial charge on any atom is 0.494 e. The van der Waals surface area contributed by atoms with Gasteiger partial charge in [0.1, 0.15) is 6.61 Å². The lowest BCUT2D eigenvalue weighted by atomic mass is 9.84. The zero-order valence-electron chi connectivity index (χ0n) is 18.6. The monoisotopic (exact) mass is 420 g/mol. The Morgan fingerprint density at radius 1 is 0.750 bits per heavy atom. The first-order valence-corrected chi connectivity index (χ1v) is 12.5. The molecule has 0 aliphatic rings. The van der Waals surface area contributed by atoms with E-state index in [9.17, 15) is 14.8 Å². The summed E-state index contributed by atoms with van der Waals surface area (Å²) in [5.41, 5.74) is -0.238. The van der Waals surface area contributed by atoms with E-state index in [1.54, 1.807) is 0 Å². The molecule has 0 aliphatic heterocycles. The highest BCUT2D eigenvalue weighted by Crippen LogP contribution is 2.31. The molecule has 0 saturated carbocycles. The average molecular weight is 421 g/mol. The molecule has 0 amide bonds. The molecule has 168 valence electrons. The number of β-amino-alcohol motifs (C(OH)–C–C–N with tert-alkyl or cyclic N) is 2. The van der Waals surface area contributed by atoms with Crippen LogP contribution in [0.1, 0.15) is 104 Å². The number of unbranched alkanes of at least 4 members (excludes halogenated alkanes) is 10. The third-order valence-electron chi connectivity index (χ3n) is 5.80. The third kappa shape index (κ3) is 13.2. The molecule has 2 N–H and O–H groups in total. The van der Waals surface area contributed by atoms with Gasteiger partial charge in [0.2, 0.25) is 0 Å². The molecule has 28 heavy (non-hydrogen) atoms. The van der Waals surface area contributed by atoms with E-state index >= 15 is 0 Å². The first-order chi connectivity index (χ1) is 13.7. The number of rotatable bonds is 22. The number of nitrogens with zero attached hydrogens (tertiary/aromatic N) is 1. The molecule has 0 fully saturated rings. The van der Waals surface area contributed by atoms with Crippen molar-refractivity contribution in [3.05, 3.63) is 0 Å². The van der Waals surface area contributed by atoms with E-state index in [1.807, 2.05) is 0 Å². The fourth-order valence-corrected chi connectivity index (χ4v) is 4.46. The van der Waals surface area contributed by atoms with Crippen molar-refractivity contribution in [2.75, 3.05) is 32.9 Å². The molecule has 0 bridgehead atoms. The second kappa shape index (κ2) is 20.2. The van der Waals surface area contributed by atoms with Crippen molar-refractivity contribution in [1.29, 1.82) is 0 Å². The van der Waals surface area contributed by atoms with Crippen LogP contribution in [0.3, 0.4) is 0 Å². The quantitative estimate of drug-likeness (QED) is 0.180. The second-order valence-electron chi connectivity index (χ2n) is 8.07. The number of hydrogen-bond acceptors (Lipinski definition) is 5. The summed E-state index contributed by atoms with van der Waals surface area (Å²) in [5, 5.41) is 19.1. The van der Waals surface area contributed by atoms with Crippen molar-refractivity contribution in [2.24, 2.45) is 0 Å². The molecule has 0 aromatic carbocycles. The molecule has 1 unspecified atom stereocenters. The highest BCUT2D eigenvalue weighted by Gasteiger charge is 2.37. The van der Waals surface area contributed by atoms with Crippen LogP contribution < -0.4 is 0 Å². The molecule has 6 heteroatoms. The van der Waals surface area contributed by atoms with E-state index in [2.05, 4.69) is 18.7 Å². The van der Waals surface area contributed by atoms with Gasteiger partial charge in [0.15, 0.2) is 0 Å². The summed E-state index contributed by atoms with van der Waals surface area (Å²) >= 11 is 0. The minimum absolute atomic E-state index is 0.0639. The van der Waals surface area contributed by atoms with Gasteiger partial charge in [-0.15, -0.1) is 4.52 Å². The number of aliphatic hydroxyl groups excluding tert-OH is 2. The first kappa shape index (κ1) is 27.9. The van der Waals surface area contributed by atoms with Gasteiger partial charge >= 0.3 is 8.69 Å². The Morgan fingerprint density at radius 2 is 1.18 bits per heavy atom. The van der Waals surface area contributed by atoms with Crippen LogP contribution in [0, 0.1) is 0 Å². The fraction of sp³-hybridized carbons (Fsp3) is 1.00. The topological polar surface area (TPSA) is 70.0 Å². The smallest absolute Gasteiger partial charge is 0.395 e. The van der Waals surface area contributed by atoms with Gasteiger partial charge in [0.25, 0.3) is 0 Å². The van der Waals surface area contributed by atoms with Crippen molar-refractivity contribution in [3.63, 3.8) is 0 Å². The Hall–Kier alpha value is -0.0600. The van der Waals surface area contributed by atoms with E-state index in [1.165, 1.54) is 64.2 Å². The Labute approximate surface area is 175 Å². The Bertz CT molecular complexity index is 322. The molecular formula is C22H47NO4P+. The molecule has 0 aliphatic carbocycles. The Morgan fingerprint density at radius 3 is 1.57 bits per heavy atom. The second-order valence-corrected chi connectivity index (χ2v) is 8.52. The molecule has 0 spiro atoms. The summed E-state index contributed by atoms with van der Waals surface area (Å²) in [6, 6.07) is 0. The van der Waals surface area contributed by atoms with Gasteiger partial charge in [-0.05, 0) is 17.4 Å². The maximum atomic E-state index is 11.1. The van der Waals surface area contributed by atoms with Crippen LogP contribution in [0.4, 0.5) is 0 Å². The summed E-state index contributed by atoms with van der Waals surface area (Å²) in [6.07, 6.45) is 16.7. The van der Waals surface area contributed by atoms with Crippen molar-refractivity contribution in [2.45, 2.75) is 109 Å². The van der Waals surface area contributed by atoms with Gasteiger partial charge in [-0.1, -0.05) is 90.9 Å². The summed E-state index contributed by atoms with van der Waals surface area (Å²) < 4.78 is 16.5. The predicted octanol–water partition coefficient (Wildman–Crippen LogP) is 5.47. The molecule has 0 rings (SSSR count). The molecule has 0 saturated heterocycles. The van der Waals surface area contributed by atoms with Gasteiger partial charge in [0.05, 0.1) is 13.2 Å². The first-order valence-electron chi connectivity index (χ1n) is 11.7. The highest BCUT2D eigenvalue weighted by atomic mass is 31.1. The normalized spacial score (nSPS) is 12.3. The SMILES string of the molecule is CCCCCCCCC(CCCCCCCC)(CO[PH+]=O)N(CCO)CCO. The Balaban J connectivity index is 4.94. The summed E-state index contributed by atoms with van der Waals surface area (Å²) in [5.74, 6) is 0. The fourth-order valence-electron chi connectivity index (χ4n) is 4.14. The van der Waals surface area contributed by atoms with E-state index in [0.29, 0.717) is 19.7 Å². The van der Waals surface area contributed by atoms with Crippen LogP contribution in [-0.2, 0) is 9.09 Å². The van der Waals surface area contributed by atoms with Gasteiger partial charge in [0, 0.05) is 18.6 Å². The average Bonchev–Trinajstić information content (AvgIpc) is 2.70. The van der Waals surface area contributed by atoms with Crippen LogP contribution in [0.5, 0.6) is 0 Å². The minimum Gasteiger partial charge on any atom is -0.395 e. The molecule has 5 nitrogen and oxygen atoms in total. The van der Waals surface area contributed by atoms with Gasteiger partial charge in [-0.3, -0.25) is 4.90 Å². The van der Waals surface area contributed by atoms with E-state index in [4.69, 9.17) is 4.52 Å². The molecule has 0 aromatic heterocycles. The van der Waals surface area contributed by atoms with E-state index < -0.39 is 8.69 Å². The van der Waals surface area contributed by atoms with Crippen molar-refractivity contribution >= 4 is 8.69 Å². The standard InChI is InChI=1S/C22H47NO4P/c1-3-5-7-9-11-13-15-22(21-27-28-26,23(17-19-24)18-20-25)16-14-12-10-8-6-4-2/h24-25,28H,3-21H2,1-2H3/q+1. The van der Waals surface area contributed by atoms with Crippen molar-refractivity contribution in [1.82, 2.24) is 4.90 Å². The molecular weight excluding hydrogens is 373 g/mol. The minimum atomic E-state index is -0.763. The molecule has 0 radical (unpaired) electrons. The maximum absolute atomic E-state index is 11.1. The molecule has 1 atom stereocenters. The summed E-state index contributed by atoms with van der Waals surface area (Å²) in [4.78, 5) is 2.19. The highest BCUT2D eigenvalue weighted by molar-refractivity contribution is 7.17. The van der Waals surface area contributed by atoms with Gasteiger partial charge in [-0.25, -0.2) is 0 Å². The lowest BCUT2D eigenvalue weighted by Crippen LogP contribution is -2.54. The zero-order valence-corrected chi connectivity index (χ0v) is 19.6. The summed E-state index contributed by atoms with van der Waals surface area (Å²) in [6.45, 7) is 6.05. The van der Waals surface area contributed by atoms with Crippen LogP contribution >= 0.6 is 8.69 Å². The Kier molecular flexibility index (Phi) is 20.2. The van der Waals surface area contributed by atoms with Crippen LogP contribution in [-0.4, -0.2) is 53.6 Å². The van der Waals surface area contributed by atoms with Gasteiger partial charge in [-0.2, -0.15) is 0 Å².